The number of nitrogens with two attached hydrogens (primary N) is 1. The van der Waals surface area contributed by atoms with Crippen LogP contribution in [-0.2, 0) is 0 Å². The Bertz CT molecular complexity index is 775. The summed E-state index contributed by atoms with van der Waals surface area (Å²) in [6.07, 6.45) is 1.33. The third-order valence-corrected chi connectivity index (χ3v) is 3.36. The average molecular weight is 328 g/mol. The Hall–Kier alpha value is -3.03. The second-order valence-electron chi connectivity index (χ2n) is 4.72. The molecular formula is C15H14ClN7. The van der Waals surface area contributed by atoms with Gasteiger partial charge in [-0.15, -0.1) is 0 Å². The van der Waals surface area contributed by atoms with Crippen LogP contribution in [0.1, 0.15) is 5.56 Å². The molecule has 0 aliphatic carbocycles. The molecule has 116 valence electrons. The molecule has 0 fully saturated rings. The summed E-state index contributed by atoms with van der Waals surface area (Å²) >= 11 is 5.94. The van der Waals surface area contributed by atoms with Crippen molar-refractivity contribution in [1.82, 2.24) is 9.97 Å². The van der Waals surface area contributed by atoms with Crippen molar-refractivity contribution >= 4 is 34.6 Å². The van der Waals surface area contributed by atoms with Crippen molar-refractivity contribution in [1.29, 1.82) is 10.5 Å². The maximum absolute atomic E-state index is 8.87. The monoisotopic (exact) mass is 327 g/mol. The van der Waals surface area contributed by atoms with E-state index in [1.54, 1.807) is 6.07 Å². The minimum Gasteiger partial charge on any atom is -0.393 e. The molecule has 0 saturated carbocycles. The maximum Gasteiger partial charge on any atom is 0.159 e. The molecule has 0 amide bonds. The summed E-state index contributed by atoms with van der Waals surface area (Å²) in [5.74, 6) is 0.749. The van der Waals surface area contributed by atoms with Gasteiger partial charge in [-0.2, -0.15) is 10.5 Å². The van der Waals surface area contributed by atoms with Crippen LogP contribution in [0, 0.1) is 29.6 Å². The van der Waals surface area contributed by atoms with E-state index < -0.39 is 0 Å². The van der Waals surface area contributed by atoms with Gasteiger partial charge < -0.3 is 16.0 Å². The van der Waals surface area contributed by atoms with E-state index >= 15 is 0 Å². The molecule has 8 heteroatoms. The first-order valence-electron chi connectivity index (χ1n) is 6.69. The van der Waals surface area contributed by atoms with Crippen LogP contribution in [0.4, 0.5) is 23.0 Å². The molecule has 3 N–H and O–H groups in total. The lowest BCUT2D eigenvalue weighted by Crippen LogP contribution is -2.26. The van der Waals surface area contributed by atoms with Gasteiger partial charge in [-0.25, -0.2) is 9.97 Å². The summed E-state index contributed by atoms with van der Waals surface area (Å²) in [6, 6.07) is 9.37. The van der Waals surface area contributed by atoms with E-state index in [0.717, 1.165) is 11.3 Å². The molecule has 1 aromatic heterocycles. The second-order valence-corrected chi connectivity index (χ2v) is 5.15. The first-order chi connectivity index (χ1) is 11.1. The zero-order chi connectivity index (χ0) is 16.8. The molecule has 1 heterocycles. The van der Waals surface area contributed by atoms with Crippen molar-refractivity contribution < 1.29 is 0 Å². The zero-order valence-corrected chi connectivity index (χ0v) is 13.2. The number of nitrogens with zero attached hydrogens (tertiary/aromatic N) is 5. The van der Waals surface area contributed by atoms with Crippen molar-refractivity contribution in [2.24, 2.45) is 0 Å². The quantitative estimate of drug-likeness (QED) is 0.811. The Balaban J connectivity index is 2.36. The number of nitrogen functional groups attached to an aromatic ring is 1. The van der Waals surface area contributed by atoms with Crippen LogP contribution in [0.25, 0.3) is 0 Å². The number of anilines is 4. The Labute approximate surface area is 138 Å². The van der Waals surface area contributed by atoms with Crippen LogP contribution in [0.2, 0.25) is 5.02 Å². The highest BCUT2D eigenvalue weighted by Gasteiger charge is 2.15. The lowest BCUT2D eigenvalue weighted by Gasteiger charge is -2.20. The first kappa shape index (κ1) is 16.3. The molecule has 2 rings (SSSR count). The zero-order valence-electron chi connectivity index (χ0n) is 12.4. The average Bonchev–Trinajstić information content (AvgIpc) is 2.52. The fourth-order valence-electron chi connectivity index (χ4n) is 2.01. The van der Waals surface area contributed by atoms with Crippen LogP contribution in [0.5, 0.6) is 0 Å². The number of hydrogen-bond acceptors (Lipinski definition) is 7. The third kappa shape index (κ3) is 3.79. The highest BCUT2D eigenvalue weighted by Crippen LogP contribution is 2.30. The van der Waals surface area contributed by atoms with Gasteiger partial charge in [-0.3, -0.25) is 0 Å². The predicted molar refractivity (Wildman–Crippen MR) is 89.4 cm³/mol. The number of nitrogens with one attached hydrogen (secondary N) is 1. The van der Waals surface area contributed by atoms with Crippen molar-refractivity contribution in [2.75, 3.05) is 29.0 Å². The number of aromatic nitrogens is 2. The number of nitriles is 2. The maximum atomic E-state index is 8.87. The molecule has 0 aliphatic heterocycles. The van der Waals surface area contributed by atoms with Crippen LogP contribution in [0.15, 0.2) is 24.5 Å². The van der Waals surface area contributed by atoms with E-state index in [0.29, 0.717) is 16.7 Å². The van der Waals surface area contributed by atoms with Gasteiger partial charge in [0.1, 0.15) is 25.1 Å². The van der Waals surface area contributed by atoms with Gasteiger partial charge >= 0.3 is 0 Å². The van der Waals surface area contributed by atoms with Gasteiger partial charge in [0.05, 0.1) is 12.1 Å². The van der Waals surface area contributed by atoms with Crippen molar-refractivity contribution in [2.45, 2.75) is 6.92 Å². The Kier molecular flexibility index (Phi) is 5.19. The number of benzene rings is 1. The number of rotatable bonds is 5. The topological polar surface area (TPSA) is 115 Å². The van der Waals surface area contributed by atoms with E-state index in [9.17, 15) is 0 Å². The SMILES string of the molecule is Cc1cc(Cl)ccc1Nc1ncnc(N(CC#N)CC#N)c1N. The van der Waals surface area contributed by atoms with Crippen molar-refractivity contribution in [3.8, 4) is 12.1 Å². The van der Waals surface area contributed by atoms with Crippen LogP contribution in [0.3, 0.4) is 0 Å². The molecule has 23 heavy (non-hydrogen) atoms. The Morgan fingerprint density at radius 1 is 1.26 bits per heavy atom. The highest BCUT2D eigenvalue weighted by molar-refractivity contribution is 6.30. The molecule has 2 aromatic rings. The number of halogens is 1. The molecule has 0 radical (unpaired) electrons. The summed E-state index contributed by atoms with van der Waals surface area (Å²) in [7, 11) is 0. The lowest BCUT2D eigenvalue weighted by atomic mass is 10.2. The predicted octanol–water partition coefficient (Wildman–Crippen LogP) is 2.62. The standard InChI is InChI=1S/C15H14ClN7/c1-10-8-11(16)2-3-12(10)22-14-13(19)15(21-9-20-14)23(6-4-17)7-5-18/h2-3,8-9H,6-7,19H2,1H3,(H,20,21,22). The van der Waals surface area contributed by atoms with Gasteiger partial charge in [0.15, 0.2) is 11.6 Å². The fourth-order valence-corrected chi connectivity index (χ4v) is 2.24. The summed E-state index contributed by atoms with van der Waals surface area (Å²) in [5.41, 5.74) is 8.11. The smallest absolute Gasteiger partial charge is 0.159 e. The van der Waals surface area contributed by atoms with Crippen LogP contribution >= 0.6 is 11.6 Å². The lowest BCUT2D eigenvalue weighted by molar-refractivity contribution is 0.929. The van der Waals surface area contributed by atoms with Gasteiger partial charge in [0.2, 0.25) is 0 Å². The normalized spacial score (nSPS) is 9.74. The van der Waals surface area contributed by atoms with Gasteiger partial charge in [-0.1, -0.05) is 11.6 Å². The largest absolute Gasteiger partial charge is 0.393 e. The van der Waals surface area contributed by atoms with Gasteiger partial charge in [0, 0.05) is 10.7 Å². The minimum absolute atomic E-state index is 0.00812. The Morgan fingerprint density at radius 2 is 1.96 bits per heavy atom. The van der Waals surface area contributed by atoms with E-state index in [1.165, 1.54) is 11.2 Å². The van der Waals surface area contributed by atoms with Crippen molar-refractivity contribution in [3.05, 3.63) is 35.1 Å². The minimum atomic E-state index is 0.00812. The molecule has 0 bridgehead atoms. The Morgan fingerprint density at radius 3 is 2.57 bits per heavy atom. The summed E-state index contributed by atoms with van der Waals surface area (Å²) in [4.78, 5) is 9.69. The molecule has 7 nitrogen and oxygen atoms in total. The van der Waals surface area contributed by atoms with Crippen molar-refractivity contribution in [3.63, 3.8) is 0 Å². The fraction of sp³-hybridized carbons (Fsp3) is 0.200. The third-order valence-electron chi connectivity index (χ3n) is 3.13. The van der Waals surface area contributed by atoms with E-state index in [-0.39, 0.29) is 18.8 Å². The molecular weight excluding hydrogens is 314 g/mol. The summed E-state index contributed by atoms with van der Waals surface area (Å²) in [5, 5.41) is 21.5. The first-order valence-corrected chi connectivity index (χ1v) is 7.07. The summed E-state index contributed by atoms with van der Waals surface area (Å²) in [6.45, 7) is 1.92. The highest BCUT2D eigenvalue weighted by atomic mass is 35.5. The second kappa shape index (κ2) is 7.30. The molecule has 0 atom stereocenters. The molecule has 0 aliphatic rings. The number of aryl methyl sites for hydroxylation is 1. The molecule has 0 unspecified atom stereocenters. The molecule has 0 spiro atoms. The number of hydrogen-bond donors (Lipinski definition) is 2. The van der Waals surface area contributed by atoms with Gasteiger partial charge in [-0.05, 0) is 30.7 Å². The summed E-state index contributed by atoms with van der Waals surface area (Å²) < 4.78 is 0. The van der Waals surface area contributed by atoms with E-state index in [4.69, 9.17) is 27.9 Å². The van der Waals surface area contributed by atoms with E-state index in [1.807, 2.05) is 31.2 Å². The molecule has 0 saturated heterocycles. The molecule has 1 aromatic carbocycles. The van der Waals surface area contributed by atoms with Crippen LogP contribution < -0.4 is 16.0 Å². The van der Waals surface area contributed by atoms with E-state index in [2.05, 4.69) is 15.3 Å². The van der Waals surface area contributed by atoms with Gasteiger partial charge in [0.25, 0.3) is 0 Å². The van der Waals surface area contributed by atoms with Crippen LogP contribution in [-0.4, -0.2) is 23.1 Å².